The number of aliphatic carboxylic acids is 1. The van der Waals surface area contributed by atoms with Gasteiger partial charge in [0.1, 0.15) is 36.8 Å². The van der Waals surface area contributed by atoms with Gasteiger partial charge in [-0.05, 0) is 12.5 Å². The molecule has 1 saturated heterocycles. The molecule has 12 heteroatoms. The van der Waals surface area contributed by atoms with E-state index in [4.69, 9.17) is 26.9 Å². The van der Waals surface area contributed by atoms with E-state index in [9.17, 15) is 19.8 Å². The molecule has 150 valence electrons. The second-order valence-corrected chi connectivity index (χ2v) is 5.81. The fourth-order valence-corrected chi connectivity index (χ4v) is 2.37. The number of ether oxygens (including phenoxy) is 2. The van der Waals surface area contributed by atoms with Gasteiger partial charge < -0.3 is 35.4 Å². The van der Waals surface area contributed by atoms with Gasteiger partial charge in [-0.2, -0.15) is 0 Å². The quantitative estimate of drug-likeness (QED) is 0.206. The van der Waals surface area contributed by atoms with E-state index >= 15 is 0 Å². The van der Waals surface area contributed by atoms with Crippen molar-refractivity contribution in [3.63, 3.8) is 0 Å². The second kappa shape index (κ2) is 8.92. The zero-order valence-electron chi connectivity index (χ0n) is 15.2. The summed E-state index contributed by atoms with van der Waals surface area (Å²) in [6, 6.07) is -1.18. The maximum absolute atomic E-state index is 11.8. The maximum atomic E-state index is 11.8. The highest BCUT2D eigenvalue weighted by Crippen LogP contribution is 2.28. The molecule has 0 amide bonds. The largest absolute Gasteiger partial charge is 0.481 e. The standard InChI is InChI=1S/C15H22N4O8/c1-7-17-10(18-25)4-5-19(7)14-13(23)12(22)9(27-14)6-26-15(24)8(16)2-3-11(20)21/h4-5,8-9,12-14,22-23,25H,1-3,6,16H2,(H,17,18)(H,20,21)/t8-,9+,12+,13+,14+/m0/s1/i14D. The number of esters is 1. The van der Waals surface area contributed by atoms with E-state index in [1.165, 1.54) is 12.3 Å². The van der Waals surface area contributed by atoms with Gasteiger partial charge in [0, 0.05) is 12.6 Å². The third kappa shape index (κ3) is 5.02. The van der Waals surface area contributed by atoms with Crippen LogP contribution in [0.4, 0.5) is 0 Å². The van der Waals surface area contributed by atoms with Crippen LogP contribution in [-0.2, 0) is 19.1 Å². The molecule has 0 spiro atoms. The average Bonchev–Trinajstić information content (AvgIpc) is 2.88. The number of carbonyl (C=O) groups is 2. The summed E-state index contributed by atoms with van der Waals surface area (Å²) < 4.78 is 18.7. The molecule has 2 heterocycles. The van der Waals surface area contributed by atoms with Gasteiger partial charge in [0.25, 0.3) is 0 Å². The molecule has 2 aliphatic rings. The Balaban J connectivity index is 1.99. The van der Waals surface area contributed by atoms with Crippen molar-refractivity contribution in [2.45, 2.75) is 43.4 Å². The highest BCUT2D eigenvalue weighted by atomic mass is 16.6. The van der Waals surface area contributed by atoms with Crippen LogP contribution in [0.3, 0.4) is 0 Å². The molecule has 0 radical (unpaired) electrons. The molecule has 1 fully saturated rings. The number of hydrogen-bond donors (Lipinski definition) is 6. The summed E-state index contributed by atoms with van der Waals surface area (Å²) in [5.41, 5.74) is 7.33. The first-order chi connectivity index (χ1) is 13.1. The number of amidine groups is 1. The number of nitrogens with two attached hydrogens (primary N) is 1. The van der Waals surface area contributed by atoms with Gasteiger partial charge in [-0.25, -0.2) is 4.99 Å². The van der Waals surface area contributed by atoms with Crippen molar-refractivity contribution in [1.82, 2.24) is 10.4 Å². The van der Waals surface area contributed by atoms with Crippen LogP contribution in [0.5, 0.6) is 0 Å². The number of aliphatic hydroxyl groups is 2. The lowest BCUT2D eigenvalue weighted by atomic mass is 10.1. The first-order valence-corrected chi connectivity index (χ1v) is 7.93. The highest BCUT2D eigenvalue weighted by Gasteiger charge is 2.46. The molecule has 0 bridgehead atoms. The number of aliphatic hydroxyl groups excluding tert-OH is 2. The van der Waals surface area contributed by atoms with E-state index in [1.54, 1.807) is 5.48 Å². The molecule has 0 aromatic rings. The lowest BCUT2D eigenvalue weighted by Gasteiger charge is -2.30. The summed E-state index contributed by atoms with van der Waals surface area (Å²) in [7, 11) is 0. The number of hydrogen-bond acceptors (Lipinski definition) is 11. The van der Waals surface area contributed by atoms with Crippen LogP contribution >= 0.6 is 0 Å². The van der Waals surface area contributed by atoms with E-state index in [1.807, 2.05) is 0 Å². The van der Waals surface area contributed by atoms with Crippen LogP contribution in [0, 0.1) is 0 Å². The third-order valence-corrected chi connectivity index (χ3v) is 3.85. The molecule has 27 heavy (non-hydrogen) atoms. The van der Waals surface area contributed by atoms with Gasteiger partial charge in [0.15, 0.2) is 12.0 Å². The Hall–Kier alpha value is -2.51. The predicted octanol–water partition coefficient (Wildman–Crippen LogP) is -2.15. The minimum Gasteiger partial charge on any atom is -0.481 e. The maximum Gasteiger partial charge on any atom is 0.323 e. The van der Waals surface area contributed by atoms with Crippen LogP contribution in [0.15, 0.2) is 29.7 Å². The van der Waals surface area contributed by atoms with Crippen molar-refractivity contribution in [2.75, 3.05) is 6.61 Å². The summed E-state index contributed by atoms with van der Waals surface area (Å²) in [6.45, 7) is 3.08. The molecule has 0 aromatic heterocycles. The zero-order valence-corrected chi connectivity index (χ0v) is 14.2. The Kier molecular flexibility index (Phi) is 6.36. The van der Waals surface area contributed by atoms with Crippen molar-refractivity contribution in [1.29, 1.82) is 0 Å². The number of nitrogens with one attached hydrogen (secondary N) is 1. The van der Waals surface area contributed by atoms with E-state index in [0.29, 0.717) is 0 Å². The Bertz CT molecular complexity index is 702. The first kappa shape index (κ1) is 19.3. The topological polar surface area (TPSA) is 187 Å². The Morgan fingerprint density at radius 1 is 1.52 bits per heavy atom. The predicted molar refractivity (Wildman–Crippen MR) is 89.0 cm³/mol. The van der Waals surface area contributed by atoms with E-state index < -0.39 is 49.1 Å². The normalized spacial score (nSPS) is 31.9. The summed E-state index contributed by atoms with van der Waals surface area (Å²) >= 11 is 0. The van der Waals surface area contributed by atoms with Crippen LogP contribution in [-0.4, -0.2) is 80.4 Å². The summed E-state index contributed by atoms with van der Waals surface area (Å²) in [5, 5.41) is 37.9. The van der Waals surface area contributed by atoms with Crippen molar-refractivity contribution in [3.8, 4) is 0 Å². The summed E-state index contributed by atoms with van der Waals surface area (Å²) in [4.78, 5) is 27.2. The van der Waals surface area contributed by atoms with E-state index in [-0.39, 0.29) is 24.5 Å². The molecule has 0 aromatic carbocycles. The van der Waals surface area contributed by atoms with Crippen molar-refractivity contribution >= 4 is 17.8 Å². The molecule has 2 aliphatic heterocycles. The second-order valence-electron chi connectivity index (χ2n) is 5.81. The summed E-state index contributed by atoms with van der Waals surface area (Å²) in [6.07, 6.45) is -4.71. The molecule has 0 unspecified atom stereocenters. The van der Waals surface area contributed by atoms with Gasteiger partial charge in [-0.3, -0.25) is 20.3 Å². The highest BCUT2D eigenvalue weighted by molar-refractivity contribution is 5.93. The van der Waals surface area contributed by atoms with Crippen LogP contribution < -0.4 is 11.2 Å². The van der Waals surface area contributed by atoms with E-state index in [2.05, 4.69) is 11.6 Å². The Morgan fingerprint density at radius 2 is 2.22 bits per heavy atom. The Labute approximate surface area is 155 Å². The van der Waals surface area contributed by atoms with Crippen molar-refractivity contribution in [2.24, 2.45) is 10.7 Å². The summed E-state index contributed by atoms with van der Waals surface area (Å²) in [5.74, 6) is -2.04. The number of aliphatic imine (C=N–C) groups is 1. The van der Waals surface area contributed by atoms with Crippen LogP contribution in [0.2, 0.25) is 0 Å². The smallest absolute Gasteiger partial charge is 0.323 e. The number of carboxylic acid groups (broad SMARTS) is 1. The number of rotatable bonds is 7. The Morgan fingerprint density at radius 3 is 2.81 bits per heavy atom. The fourth-order valence-electron chi connectivity index (χ4n) is 2.37. The lowest BCUT2D eigenvalue weighted by molar-refractivity contribution is -0.152. The molecule has 5 atom stereocenters. The molecule has 7 N–H and O–H groups in total. The minimum absolute atomic E-state index is 0.0405. The third-order valence-electron chi connectivity index (χ3n) is 3.85. The zero-order chi connectivity index (χ0) is 21.1. The lowest BCUT2D eigenvalue weighted by Crippen LogP contribution is -2.42. The van der Waals surface area contributed by atoms with E-state index in [0.717, 1.165) is 4.90 Å². The van der Waals surface area contributed by atoms with Gasteiger partial charge in [0.05, 0.1) is 1.37 Å². The molecular formula is C15H22N4O8. The number of hydroxylamine groups is 1. The van der Waals surface area contributed by atoms with Gasteiger partial charge in [-0.1, -0.05) is 6.58 Å². The van der Waals surface area contributed by atoms with Gasteiger partial charge in [0.2, 0.25) is 0 Å². The minimum atomic E-state index is -2.22. The molecular weight excluding hydrogens is 364 g/mol. The van der Waals surface area contributed by atoms with Gasteiger partial charge >= 0.3 is 11.9 Å². The molecule has 0 aliphatic carbocycles. The number of carbonyl (C=O) groups excluding carboxylic acids is 1. The van der Waals surface area contributed by atoms with Gasteiger partial charge in [-0.15, -0.1) is 0 Å². The SMILES string of the molecule is [2H][C@@]1(N2C=CC(NO)=NC2=C)O[C@H](COC(=O)[C@@H](N)CCC(=O)O)[C@@H](O)[C@H]1O. The first-order valence-electron chi connectivity index (χ1n) is 8.43. The molecule has 12 nitrogen and oxygen atoms in total. The monoisotopic (exact) mass is 387 g/mol. The fraction of sp³-hybridized carbons (Fsp3) is 0.533. The molecule has 0 saturated carbocycles. The number of nitrogens with zero attached hydrogens (tertiary/aromatic N) is 2. The average molecular weight is 387 g/mol. The van der Waals surface area contributed by atoms with Crippen LogP contribution in [0.1, 0.15) is 14.2 Å². The molecule has 2 rings (SSSR count). The van der Waals surface area contributed by atoms with Crippen LogP contribution in [0.25, 0.3) is 0 Å². The van der Waals surface area contributed by atoms with Crippen molar-refractivity contribution in [3.05, 3.63) is 24.7 Å². The van der Waals surface area contributed by atoms with Crippen molar-refractivity contribution < 1.29 is 41.0 Å². The number of carboxylic acids is 1.